The lowest BCUT2D eigenvalue weighted by Gasteiger charge is -2.34. The van der Waals surface area contributed by atoms with E-state index in [4.69, 9.17) is 0 Å². The zero-order chi connectivity index (χ0) is 14.9. The topological polar surface area (TPSA) is 51.8 Å². The van der Waals surface area contributed by atoms with E-state index in [2.05, 4.69) is 48.3 Å². The summed E-state index contributed by atoms with van der Waals surface area (Å²) < 4.78 is 4.17. The van der Waals surface area contributed by atoms with Gasteiger partial charge in [0.25, 0.3) is 0 Å². The van der Waals surface area contributed by atoms with Gasteiger partial charge in [-0.2, -0.15) is 16.4 Å². The van der Waals surface area contributed by atoms with Crippen LogP contribution in [-0.4, -0.2) is 35.8 Å². The van der Waals surface area contributed by atoms with Crippen molar-refractivity contribution in [2.75, 3.05) is 6.54 Å². The summed E-state index contributed by atoms with van der Waals surface area (Å²) in [6.07, 6.45) is 5.29. The van der Waals surface area contributed by atoms with Gasteiger partial charge in [0.1, 0.15) is 18.5 Å². The molecular weight excluding hydrogens is 296 g/mol. The summed E-state index contributed by atoms with van der Waals surface area (Å²) in [7, 11) is 0. The van der Waals surface area contributed by atoms with Crippen LogP contribution in [0.3, 0.4) is 0 Å². The molecular formula is C15H18N6S. The number of hydrogen-bond acceptors (Lipinski definition) is 5. The summed E-state index contributed by atoms with van der Waals surface area (Å²) in [6, 6.07) is 2.53. The highest BCUT2D eigenvalue weighted by Gasteiger charge is 2.27. The van der Waals surface area contributed by atoms with Crippen LogP contribution in [0, 0.1) is 0 Å². The molecule has 1 unspecified atom stereocenters. The maximum atomic E-state index is 4.66. The van der Waals surface area contributed by atoms with Crippen molar-refractivity contribution >= 4 is 11.3 Å². The minimum absolute atomic E-state index is 0.332. The molecule has 4 rings (SSSR count). The Morgan fingerprint density at radius 1 is 1.32 bits per heavy atom. The summed E-state index contributed by atoms with van der Waals surface area (Å²) in [6.45, 7) is 5.99. The molecule has 0 saturated heterocycles. The number of rotatable bonds is 4. The molecule has 1 atom stereocenters. The molecule has 0 bridgehead atoms. The molecule has 0 fully saturated rings. The average Bonchev–Trinajstić information content (AvgIpc) is 3.25. The fourth-order valence-corrected chi connectivity index (χ4v) is 3.70. The predicted molar refractivity (Wildman–Crippen MR) is 84.5 cm³/mol. The highest BCUT2D eigenvalue weighted by Crippen LogP contribution is 2.27. The van der Waals surface area contributed by atoms with E-state index in [0.29, 0.717) is 6.04 Å². The van der Waals surface area contributed by atoms with Gasteiger partial charge in [-0.3, -0.25) is 4.90 Å². The average molecular weight is 314 g/mol. The molecule has 3 aromatic heterocycles. The molecule has 0 saturated carbocycles. The summed E-state index contributed by atoms with van der Waals surface area (Å²) in [5, 5.41) is 8.55. The van der Waals surface area contributed by atoms with Gasteiger partial charge in [0.2, 0.25) is 0 Å². The highest BCUT2D eigenvalue weighted by atomic mass is 32.1. The first-order valence-electron chi connectivity index (χ1n) is 7.43. The van der Waals surface area contributed by atoms with Crippen molar-refractivity contribution in [2.45, 2.75) is 32.6 Å². The van der Waals surface area contributed by atoms with Gasteiger partial charge in [0, 0.05) is 19.6 Å². The summed E-state index contributed by atoms with van der Waals surface area (Å²) in [5.41, 5.74) is 2.59. The van der Waals surface area contributed by atoms with Gasteiger partial charge in [-0.15, -0.1) is 0 Å². The van der Waals surface area contributed by atoms with Crippen LogP contribution in [-0.2, 0) is 19.6 Å². The number of nitrogens with zero attached hydrogens (tertiary/aromatic N) is 6. The third-order valence-corrected chi connectivity index (χ3v) is 4.99. The van der Waals surface area contributed by atoms with E-state index in [1.165, 1.54) is 11.3 Å². The summed E-state index contributed by atoms with van der Waals surface area (Å²) >= 11 is 1.76. The van der Waals surface area contributed by atoms with E-state index >= 15 is 0 Å². The monoisotopic (exact) mass is 314 g/mol. The number of aromatic nitrogens is 5. The Morgan fingerprint density at radius 3 is 3.05 bits per heavy atom. The lowest BCUT2D eigenvalue weighted by Crippen LogP contribution is -2.37. The quantitative estimate of drug-likeness (QED) is 0.740. The molecule has 0 spiro atoms. The van der Waals surface area contributed by atoms with Crippen molar-refractivity contribution in [1.29, 1.82) is 0 Å². The molecule has 0 aliphatic carbocycles. The Kier molecular flexibility index (Phi) is 3.51. The third-order valence-electron chi connectivity index (χ3n) is 4.26. The highest BCUT2D eigenvalue weighted by molar-refractivity contribution is 7.07. The van der Waals surface area contributed by atoms with Gasteiger partial charge >= 0.3 is 0 Å². The Balaban J connectivity index is 1.54. The number of fused-ring (bicyclic) bond motifs is 1. The molecule has 0 aromatic carbocycles. The van der Waals surface area contributed by atoms with Crippen molar-refractivity contribution in [3.05, 3.63) is 52.8 Å². The van der Waals surface area contributed by atoms with Crippen molar-refractivity contribution in [1.82, 2.24) is 29.2 Å². The van der Waals surface area contributed by atoms with E-state index in [9.17, 15) is 0 Å². The smallest absolute Gasteiger partial charge is 0.137 e. The molecule has 0 N–H and O–H groups in total. The Hall–Kier alpha value is -1.99. The molecule has 6 nitrogen and oxygen atoms in total. The van der Waals surface area contributed by atoms with Gasteiger partial charge in [0.05, 0.1) is 24.5 Å². The third kappa shape index (κ3) is 2.46. The zero-order valence-corrected chi connectivity index (χ0v) is 13.3. The molecule has 1 aliphatic rings. The zero-order valence-electron chi connectivity index (χ0n) is 12.5. The van der Waals surface area contributed by atoms with Crippen molar-refractivity contribution < 1.29 is 0 Å². The van der Waals surface area contributed by atoms with Gasteiger partial charge in [0.15, 0.2) is 0 Å². The normalized spacial score (nSPS) is 18.5. The van der Waals surface area contributed by atoms with Crippen LogP contribution >= 0.6 is 11.3 Å². The number of imidazole rings is 1. The van der Waals surface area contributed by atoms with Crippen LogP contribution in [0.2, 0.25) is 0 Å². The molecule has 0 radical (unpaired) electrons. The van der Waals surface area contributed by atoms with Crippen LogP contribution in [0.5, 0.6) is 0 Å². The van der Waals surface area contributed by atoms with Crippen molar-refractivity contribution in [3.63, 3.8) is 0 Å². The largest absolute Gasteiger partial charge is 0.328 e. The second-order valence-electron chi connectivity index (χ2n) is 5.63. The molecule has 7 heteroatoms. The predicted octanol–water partition coefficient (Wildman–Crippen LogP) is 2.16. The number of hydrogen-bond donors (Lipinski definition) is 0. The van der Waals surface area contributed by atoms with E-state index in [1.807, 2.05) is 10.9 Å². The van der Waals surface area contributed by atoms with Crippen LogP contribution < -0.4 is 0 Å². The van der Waals surface area contributed by atoms with Crippen LogP contribution in [0.25, 0.3) is 0 Å². The molecule has 22 heavy (non-hydrogen) atoms. The van der Waals surface area contributed by atoms with Gasteiger partial charge < -0.3 is 4.57 Å². The standard InChI is InChI=1S/C15H18N6S/c1-12-15-17-6-14(8-20-11-16-10-18-20)21(15)4-3-19(12)7-13-2-5-22-9-13/h2,5-6,9-12H,3-4,7-8H2,1H3. The summed E-state index contributed by atoms with van der Waals surface area (Å²) in [5.74, 6) is 1.15. The Labute approximate surface area is 133 Å². The Bertz CT molecular complexity index is 730. The maximum Gasteiger partial charge on any atom is 0.137 e. The van der Waals surface area contributed by atoms with Crippen molar-refractivity contribution in [2.24, 2.45) is 0 Å². The van der Waals surface area contributed by atoms with E-state index in [1.54, 1.807) is 24.0 Å². The fraction of sp³-hybridized carbons (Fsp3) is 0.400. The van der Waals surface area contributed by atoms with Gasteiger partial charge in [-0.25, -0.2) is 14.6 Å². The van der Waals surface area contributed by atoms with Crippen molar-refractivity contribution in [3.8, 4) is 0 Å². The van der Waals surface area contributed by atoms with Crippen LogP contribution in [0.1, 0.15) is 30.0 Å². The second kappa shape index (κ2) is 5.66. The molecule has 3 aromatic rings. The maximum absolute atomic E-state index is 4.66. The van der Waals surface area contributed by atoms with Gasteiger partial charge in [-0.1, -0.05) is 0 Å². The SMILES string of the molecule is CC1c2ncc(Cn3cncn3)n2CCN1Cc1ccsc1. The molecule has 0 amide bonds. The van der Waals surface area contributed by atoms with Crippen LogP contribution in [0.15, 0.2) is 35.7 Å². The lowest BCUT2D eigenvalue weighted by atomic mass is 10.2. The lowest BCUT2D eigenvalue weighted by molar-refractivity contribution is 0.155. The first-order chi connectivity index (χ1) is 10.8. The van der Waals surface area contributed by atoms with E-state index in [0.717, 1.165) is 32.0 Å². The van der Waals surface area contributed by atoms with Crippen LogP contribution in [0.4, 0.5) is 0 Å². The fourth-order valence-electron chi connectivity index (χ4n) is 3.04. The van der Waals surface area contributed by atoms with Gasteiger partial charge in [-0.05, 0) is 29.3 Å². The summed E-state index contributed by atoms with van der Waals surface area (Å²) in [4.78, 5) is 11.1. The molecule has 114 valence electrons. The minimum Gasteiger partial charge on any atom is -0.328 e. The molecule has 4 heterocycles. The Morgan fingerprint density at radius 2 is 2.27 bits per heavy atom. The number of thiophene rings is 1. The molecule has 1 aliphatic heterocycles. The van der Waals surface area contributed by atoms with E-state index < -0.39 is 0 Å². The minimum atomic E-state index is 0.332. The van der Waals surface area contributed by atoms with E-state index in [-0.39, 0.29) is 0 Å². The first kappa shape index (κ1) is 13.7. The second-order valence-corrected chi connectivity index (χ2v) is 6.41. The first-order valence-corrected chi connectivity index (χ1v) is 8.37.